The summed E-state index contributed by atoms with van der Waals surface area (Å²) in [5.74, 6) is -0.919. The first-order valence-corrected chi connectivity index (χ1v) is 12.3. The van der Waals surface area contributed by atoms with Crippen LogP contribution >= 0.6 is 0 Å². The standard InChI is InChI=1S/C26H30F4N6O/c1-5-18-14-36(22-12-24(37)33(4)23-15-34(10-9-31)32-25(22)23)19(6-2)13-35(18)16(3)20-8-7-17(27)11-21(20)26(28,29)30/h7-8,11-12,15-16,18-19H,5-6,10,13-14H2,1-4H3/t16-,18-,19+/m1/s1. The average molecular weight is 519 g/mol. The van der Waals surface area contributed by atoms with Crippen molar-refractivity contribution in [3.63, 3.8) is 0 Å². The van der Waals surface area contributed by atoms with Crippen LogP contribution in [0.4, 0.5) is 23.2 Å². The quantitative estimate of drug-likeness (QED) is 0.436. The summed E-state index contributed by atoms with van der Waals surface area (Å²) in [6.45, 7) is 6.69. The fourth-order valence-corrected chi connectivity index (χ4v) is 5.38. The summed E-state index contributed by atoms with van der Waals surface area (Å²) < 4.78 is 58.1. The van der Waals surface area contributed by atoms with E-state index in [2.05, 4.69) is 21.0 Å². The number of halogens is 4. The van der Waals surface area contributed by atoms with E-state index in [1.54, 1.807) is 26.2 Å². The number of hydrogen-bond acceptors (Lipinski definition) is 5. The summed E-state index contributed by atoms with van der Waals surface area (Å²) in [6.07, 6.45) is -1.65. The van der Waals surface area contributed by atoms with E-state index in [9.17, 15) is 22.4 Å². The van der Waals surface area contributed by atoms with Crippen molar-refractivity contribution >= 4 is 16.7 Å². The highest BCUT2D eigenvalue weighted by molar-refractivity contribution is 5.88. The molecule has 3 atom stereocenters. The molecule has 198 valence electrons. The Labute approximate surface area is 212 Å². The molecule has 2 aromatic heterocycles. The van der Waals surface area contributed by atoms with E-state index >= 15 is 0 Å². The number of nitriles is 1. The van der Waals surface area contributed by atoms with Crippen LogP contribution in [0.2, 0.25) is 0 Å². The predicted octanol–water partition coefficient (Wildman–Crippen LogP) is 4.86. The highest BCUT2D eigenvalue weighted by Gasteiger charge is 2.40. The fourth-order valence-electron chi connectivity index (χ4n) is 5.38. The molecule has 0 radical (unpaired) electrons. The van der Waals surface area contributed by atoms with E-state index < -0.39 is 23.6 Å². The van der Waals surface area contributed by atoms with Crippen molar-refractivity contribution < 1.29 is 17.6 Å². The van der Waals surface area contributed by atoms with E-state index in [1.807, 2.05) is 13.8 Å². The van der Waals surface area contributed by atoms with Crippen molar-refractivity contribution in [1.82, 2.24) is 19.2 Å². The molecule has 0 bridgehead atoms. The largest absolute Gasteiger partial charge is 0.416 e. The maximum atomic E-state index is 13.8. The summed E-state index contributed by atoms with van der Waals surface area (Å²) in [5, 5.41) is 13.7. The molecule has 0 aliphatic carbocycles. The predicted molar refractivity (Wildman–Crippen MR) is 133 cm³/mol. The zero-order valence-corrected chi connectivity index (χ0v) is 21.3. The van der Waals surface area contributed by atoms with Crippen LogP contribution in [-0.2, 0) is 19.8 Å². The molecule has 1 fully saturated rings. The number of anilines is 1. The van der Waals surface area contributed by atoms with Gasteiger partial charge in [-0.15, -0.1) is 0 Å². The minimum atomic E-state index is -4.67. The third-order valence-corrected chi connectivity index (χ3v) is 7.43. The monoisotopic (exact) mass is 518 g/mol. The summed E-state index contributed by atoms with van der Waals surface area (Å²) in [4.78, 5) is 17.0. The van der Waals surface area contributed by atoms with E-state index in [1.165, 1.54) is 15.3 Å². The molecule has 0 unspecified atom stereocenters. The Kier molecular flexibility index (Phi) is 7.33. The van der Waals surface area contributed by atoms with E-state index in [4.69, 9.17) is 5.26 Å². The maximum Gasteiger partial charge on any atom is 0.416 e. The molecule has 0 amide bonds. The molecule has 1 aliphatic rings. The van der Waals surface area contributed by atoms with Gasteiger partial charge in [-0.05, 0) is 37.5 Å². The Hall–Kier alpha value is -3.39. The van der Waals surface area contributed by atoms with Crippen molar-refractivity contribution in [2.45, 2.75) is 64.5 Å². The molecule has 0 saturated carbocycles. The van der Waals surface area contributed by atoms with E-state index in [-0.39, 0.29) is 29.8 Å². The Balaban J connectivity index is 1.75. The number of pyridine rings is 1. The lowest BCUT2D eigenvalue weighted by molar-refractivity contribution is -0.139. The van der Waals surface area contributed by atoms with Crippen molar-refractivity contribution in [2.75, 3.05) is 18.0 Å². The van der Waals surface area contributed by atoms with Crippen LogP contribution in [0.15, 0.2) is 35.3 Å². The summed E-state index contributed by atoms with van der Waals surface area (Å²) >= 11 is 0. The van der Waals surface area contributed by atoms with Gasteiger partial charge in [0.1, 0.15) is 17.9 Å². The summed E-state index contributed by atoms with van der Waals surface area (Å²) in [5.41, 5.74) is 0.745. The Morgan fingerprint density at radius 3 is 2.49 bits per heavy atom. The van der Waals surface area contributed by atoms with Crippen LogP contribution in [-0.4, -0.2) is 44.4 Å². The van der Waals surface area contributed by atoms with Gasteiger partial charge in [0.15, 0.2) is 0 Å². The molecule has 0 spiro atoms. The number of aromatic nitrogens is 3. The molecule has 4 rings (SSSR count). The van der Waals surface area contributed by atoms with Crippen molar-refractivity contribution in [2.24, 2.45) is 7.05 Å². The number of nitrogens with zero attached hydrogens (tertiary/aromatic N) is 6. The Morgan fingerprint density at radius 2 is 1.86 bits per heavy atom. The van der Waals surface area contributed by atoms with Crippen molar-refractivity contribution in [3.8, 4) is 6.07 Å². The van der Waals surface area contributed by atoms with E-state index in [0.29, 0.717) is 48.7 Å². The number of hydrogen-bond donors (Lipinski definition) is 0. The molecule has 3 heterocycles. The lowest BCUT2D eigenvalue weighted by atomic mass is 9.94. The highest BCUT2D eigenvalue weighted by atomic mass is 19.4. The Morgan fingerprint density at radius 1 is 1.16 bits per heavy atom. The summed E-state index contributed by atoms with van der Waals surface area (Å²) in [6, 6.07) is 5.65. The average Bonchev–Trinajstić information content (AvgIpc) is 3.29. The zero-order valence-electron chi connectivity index (χ0n) is 21.3. The summed E-state index contributed by atoms with van der Waals surface area (Å²) in [7, 11) is 1.65. The molecule has 3 aromatic rings. The fraction of sp³-hybridized carbons (Fsp3) is 0.500. The van der Waals surface area contributed by atoms with Crippen LogP contribution in [0.5, 0.6) is 0 Å². The van der Waals surface area contributed by atoms with Gasteiger partial charge in [-0.25, -0.2) is 4.39 Å². The van der Waals surface area contributed by atoms with Gasteiger partial charge in [0.25, 0.3) is 5.56 Å². The number of fused-ring (bicyclic) bond motifs is 1. The third-order valence-electron chi connectivity index (χ3n) is 7.43. The molecule has 1 aliphatic heterocycles. The van der Waals surface area contributed by atoms with Crippen LogP contribution in [0.25, 0.3) is 11.0 Å². The van der Waals surface area contributed by atoms with Gasteiger partial charge in [-0.3, -0.25) is 14.4 Å². The lowest BCUT2D eigenvalue weighted by Gasteiger charge is -2.49. The van der Waals surface area contributed by atoms with Gasteiger partial charge < -0.3 is 9.47 Å². The minimum absolute atomic E-state index is 0.0433. The van der Waals surface area contributed by atoms with Crippen LogP contribution in [0, 0.1) is 17.1 Å². The highest BCUT2D eigenvalue weighted by Crippen LogP contribution is 2.39. The number of benzene rings is 1. The van der Waals surface area contributed by atoms with Crippen LogP contribution in [0.1, 0.15) is 50.8 Å². The molecule has 7 nitrogen and oxygen atoms in total. The first-order valence-electron chi connectivity index (χ1n) is 12.3. The second kappa shape index (κ2) is 10.2. The van der Waals surface area contributed by atoms with E-state index in [0.717, 1.165) is 6.07 Å². The second-order valence-electron chi connectivity index (χ2n) is 9.52. The van der Waals surface area contributed by atoms with Crippen molar-refractivity contribution in [3.05, 3.63) is 57.8 Å². The smallest absolute Gasteiger partial charge is 0.364 e. The molecular formula is C26H30F4N6O. The van der Waals surface area contributed by atoms with Crippen LogP contribution in [0.3, 0.4) is 0 Å². The van der Waals surface area contributed by atoms with Crippen molar-refractivity contribution in [1.29, 1.82) is 5.26 Å². The second-order valence-corrected chi connectivity index (χ2v) is 9.52. The lowest BCUT2D eigenvalue weighted by Crippen LogP contribution is -2.59. The Bertz CT molecular complexity index is 1390. The molecule has 1 saturated heterocycles. The van der Waals surface area contributed by atoms with Crippen LogP contribution < -0.4 is 10.5 Å². The SMILES string of the molecule is CC[C@H]1CN([C@H](C)c2ccc(F)cc2C(F)(F)F)[C@H](CC)CN1c1cc(=O)n(C)c2cn(CC#N)nc12. The molecule has 37 heavy (non-hydrogen) atoms. The maximum absolute atomic E-state index is 13.8. The van der Waals surface area contributed by atoms with Gasteiger partial charge >= 0.3 is 6.18 Å². The number of alkyl halides is 3. The molecular weight excluding hydrogens is 488 g/mol. The normalized spacial score (nSPS) is 19.8. The number of aryl methyl sites for hydroxylation is 1. The zero-order chi connectivity index (χ0) is 27.1. The van der Waals surface area contributed by atoms with Gasteiger partial charge in [-0.2, -0.15) is 23.5 Å². The topological polar surface area (TPSA) is 70.1 Å². The van der Waals surface area contributed by atoms with Gasteiger partial charge in [-0.1, -0.05) is 19.9 Å². The molecule has 0 N–H and O–H groups in total. The number of rotatable bonds is 6. The molecule has 11 heteroatoms. The van der Waals surface area contributed by atoms with Gasteiger partial charge in [0.05, 0.1) is 29.0 Å². The first kappa shape index (κ1) is 26.7. The first-order chi connectivity index (χ1) is 17.5. The van der Waals surface area contributed by atoms with Gasteiger partial charge in [0.2, 0.25) is 0 Å². The minimum Gasteiger partial charge on any atom is -0.364 e. The number of piperazine rings is 1. The molecule has 1 aromatic carbocycles. The van der Waals surface area contributed by atoms with Gasteiger partial charge in [0, 0.05) is 44.3 Å². The third kappa shape index (κ3) is 4.94.